The smallest absolute Gasteiger partial charge is 0.293 e. The van der Waals surface area contributed by atoms with E-state index in [1.807, 2.05) is 18.2 Å². The molecule has 0 fully saturated rings. The summed E-state index contributed by atoms with van der Waals surface area (Å²) in [6.07, 6.45) is 0. The summed E-state index contributed by atoms with van der Waals surface area (Å²) in [7, 11) is 0. The molecule has 4 aromatic rings. The van der Waals surface area contributed by atoms with E-state index in [2.05, 4.69) is 25.9 Å². The Kier molecular flexibility index (Phi) is 6.46. The van der Waals surface area contributed by atoms with Crippen molar-refractivity contribution in [2.45, 2.75) is 0 Å². The number of para-hydroxylation sites is 3. The topological polar surface area (TPSA) is 113 Å². The lowest BCUT2D eigenvalue weighted by molar-refractivity contribution is 0.101. The van der Waals surface area contributed by atoms with Crippen LogP contribution in [-0.4, -0.2) is 27.7 Å². The summed E-state index contributed by atoms with van der Waals surface area (Å²) < 4.78 is 0. The summed E-state index contributed by atoms with van der Waals surface area (Å²) in [4.78, 5) is 46.6. The van der Waals surface area contributed by atoms with Gasteiger partial charge in [-0.2, -0.15) is 0 Å². The Bertz CT molecular complexity index is 1110. The monoisotopic (exact) mass is 437 g/mol. The minimum Gasteiger partial charge on any atom is -0.321 e. The van der Waals surface area contributed by atoms with Gasteiger partial charge >= 0.3 is 0 Å². The highest BCUT2D eigenvalue weighted by molar-refractivity contribution is 6.09. The average Bonchev–Trinajstić information content (AvgIpc) is 2.85. The number of carbonyl (C=O) groups is 3. The molecule has 0 aliphatic carbocycles. The van der Waals surface area contributed by atoms with E-state index >= 15 is 0 Å². The van der Waals surface area contributed by atoms with Gasteiger partial charge in [0, 0.05) is 23.1 Å². The molecule has 3 amide bonds. The van der Waals surface area contributed by atoms with Gasteiger partial charge in [-0.1, -0.05) is 54.6 Å². The number of benzene rings is 3. The molecule has 1 heterocycles. The maximum atomic E-state index is 12.8. The fourth-order valence-corrected chi connectivity index (χ4v) is 2.92. The van der Waals surface area contributed by atoms with Gasteiger partial charge in [-0.3, -0.25) is 14.4 Å². The molecule has 0 saturated heterocycles. The van der Waals surface area contributed by atoms with E-state index in [1.165, 1.54) is 6.07 Å². The Morgan fingerprint density at radius 2 is 0.818 bits per heavy atom. The lowest BCUT2D eigenvalue weighted by atomic mass is 10.2. The van der Waals surface area contributed by atoms with Gasteiger partial charge < -0.3 is 16.0 Å². The average molecular weight is 437 g/mol. The second kappa shape index (κ2) is 9.97. The number of nitrogens with one attached hydrogen (secondary N) is 3. The maximum Gasteiger partial charge on any atom is 0.293 e. The highest BCUT2D eigenvalue weighted by Crippen LogP contribution is 2.13. The van der Waals surface area contributed by atoms with Crippen LogP contribution in [-0.2, 0) is 0 Å². The molecule has 162 valence electrons. The molecule has 33 heavy (non-hydrogen) atoms. The number of carbonyl (C=O) groups excluding carboxylic acids is 3. The van der Waals surface area contributed by atoms with E-state index in [0.717, 1.165) is 0 Å². The highest BCUT2D eigenvalue weighted by atomic mass is 16.2. The quantitative estimate of drug-likeness (QED) is 0.418. The molecular formula is C25H19N5O3. The zero-order valence-corrected chi connectivity index (χ0v) is 17.4. The predicted octanol–water partition coefficient (Wildman–Crippen LogP) is 4.23. The van der Waals surface area contributed by atoms with Gasteiger partial charge in [0.05, 0.1) is 0 Å². The predicted molar refractivity (Wildman–Crippen MR) is 125 cm³/mol. The standard InChI is InChI=1S/C25H19N5O3/c31-23(26-17-10-4-1-5-11-17)20-16-21(24(32)27-18-12-6-2-7-13-18)30-22(29-20)25(33)28-19-14-8-3-9-15-19/h1-16H,(H,26,31)(H,27,32)(H,28,33). The first-order valence-corrected chi connectivity index (χ1v) is 10.1. The number of anilines is 3. The summed E-state index contributed by atoms with van der Waals surface area (Å²) >= 11 is 0. The van der Waals surface area contributed by atoms with Crippen molar-refractivity contribution in [3.05, 3.63) is 114 Å². The molecule has 0 spiro atoms. The van der Waals surface area contributed by atoms with Crippen LogP contribution in [0.3, 0.4) is 0 Å². The highest BCUT2D eigenvalue weighted by Gasteiger charge is 2.20. The van der Waals surface area contributed by atoms with Crippen LogP contribution in [0.2, 0.25) is 0 Å². The van der Waals surface area contributed by atoms with Crippen molar-refractivity contribution >= 4 is 34.8 Å². The zero-order valence-electron chi connectivity index (χ0n) is 17.4. The number of amides is 3. The van der Waals surface area contributed by atoms with E-state index in [9.17, 15) is 14.4 Å². The number of hydrogen-bond donors (Lipinski definition) is 3. The Labute approximate surface area is 189 Å². The molecule has 3 N–H and O–H groups in total. The molecule has 0 bridgehead atoms. The van der Waals surface area contributed by atoms with Gasteiger partial charge in [-0.15, -0.1) is 0 Å². The lowest BCUT2D eigenvalue weighted by Gasteiger charge is -2.10. The van der Waals surface area contributed by atoms with Crippen LogP contribution >= 0.6 is 0 Å². The van der Waals surface area contributed by atoms with Gasteiger partial charge in [0.15, 0.2) is 0 Å². The summed E-state index contributed by atoms with van der Waals surface area (Å²) in [6.45, 7) is 0. The first kappa shape index (κ1) is 21.4. The van der Waals surface area contributed by atoms with Crippen LogP contribution < -0.4 is 16.0 Å². The molecule has 3 aromatic carbocycles. The van der Waals surface area contributed by atoms with Gasteiger partial charge in [0.2, 0.25) is 5.82 Å². The Morgan fingerprint density at radius 3 is 1.18 bits per heavy atom. The molecule has 4 rings (SSSR count). The third-order valence-corrected chi connectivity index (χ3v) is 4.49. The molecule has 0 aliphatic heterocycles. The lowest BCUT2D eigenvalue weighted by Crippen LogP contribution is -2.24. The summed E-state index contributed by atoms with van der Waals surface area (Å²) in [5, 5.41) is 8.06. The third kappa shape index (κ3) is 5.65. The molecule has 8 heteroatoms. The molecule has 0 aliphatic rings. The molecule has 0 saturated carbocycles. The Balaban J connectivity index is 1.65. The second-order valence-corrected chi connectivity index (χ2v) is 6.92. The van der Waals surface area contributed by atoms with Crippen LogP contribution in [0.25, 0.3) is 0 Å². The maximum absolute atomic E-state index is 12.8. The third-order valence-electron chi connectivity index (χ3n) is 4.49. The van der Waals surface area contributed by atoms with Crippen molar-refractivity contribution in [3.63, 3.8) is 0 Å². The van der Waals surface area contributed by atoms with Crippen LogP contribution in [0.4, 0.5) is 17.1 Å². The minimum absolute atomic E-state index is 0.120. The van der Waals surface area contributed by atoms with Crippen LogP contribution in [0, 0.1) is 0 Å². The minimum atomic E-state index is -0.649. The van der Waals surface area contributed by atoms with Crippen LogP contribution in [0.1, 0.15) is 31.6 Å². The molecule has 0 radical (unpaired) electrons. The van der Waals surface area contributed by atoms with Crippen molar-refractivity contribution in [1.29, 1.82) is 0 Å². The summed E-state index contributed by atoms with van der Waals surface area (Å²) in [5.74, 6) is -2.11. The second-order valence-electron chi connectivity index (χ2n) is 6.92. The van der Waals surface area contributed by atoms with E-state index in [4.69, 9.17) is 0 Å². The van der Waals surface area contributed by atoms with Crippen molar-refractivity contribution in [1.82, 2.24) is 9.97 Å². The normalized spacial score (nSPS) is 10.2. The van der Waals surface area contributed by atoms with E-state index in [1.54, 1.807) is 72.8 Å². The summed E-state index contributed by atoms with van der Waals surface area (Å²) in [6, 6.07) is 27.6. The van der Waals surface area contributed by atoms with Gasteiger partial charge in [-0.25, -0.2) is 9.97 Å². The van der Waals surface area contributed by atoms with Gasteiger partial charge in [-0.05, 0) is 36.4 Å². The first-order chi connectivity index (χ1) is 16.1. The fraction of sp³-hybridized carbons (Fsp3) is 0. The Morgan fingerprint density at radius 1 is 0.485 bits per heavy atom. The molecule has 0 unspecified atom stereocenters. The zero-order chi connectivity index (χ0) is 23.0. The van der Waals surface area contributed by atoms with Gasteiger partial charge in [0.1, 0.15) is 11.4 Å². The Hall–Kier alpha value is -4.85. The van der Waals surface area contributed by atoms with E-state index < -0.39 is 17.7 Å². The van der Waals surface area contributed by atoms with Crippen molar-refractivity contribution in [2.75, 3.05) is 16.0 Å². The van der Waals surface area contributed by atoms with E-state index in [0.29, 0.717) is 17.1 Å². The first-order valence-electron chi connectivity index (χ1n) is 10.1. The molecular weight excluding hydrogens is 418 g/mol. The molecule has 1 aromatic heterocycles. The van der Waals surface area contributed by atoms with Crippen LogP contribution in [0.5, 0.6) is 0 Å². The number of rotatable bonds is 6. The summed E-state index contributed by atoms with van der Waals surface area (Å²) in [5.41, 5.74) is 1.38. The van der Waals surface area contributed by atoms with Crippen molar-refractivity contribution in [3.8, 4) is 0 Å². The van der Waals surface area contributed by atoms with Crippen molar-refractivity contribution < 1.29 is 14.4 Å². The SMILES string of the molecule is O=C(Nc1ccccc1)c1cc(C(=O)Nc2ccccc2)nc(C(=O)Nc2ccccc2)n1. The largest absolute Gasteiger partial charge is 0.321 e. The number of aromatic nitrogens is 2. The van der Waals surface area contributed by atoms with E-state index in [-0.39, 0.29) is 17.2 Å². The van der Waals surface area contributed by atoms with Crippen LogP contribution in [0.15, 0.2) is 97.1 Å². The number of hydrogen-bond acceptors (Lipinski definition) is 5. The number of nitrogens with zero attached hydrogens (tertiary/aromatic N) is 2. The van der Waals surface area contributed by atoms with Gasteiger partial charge in [0.25, 0.3) is 17.7 Å². The van der Waals surface area contributed by atoms with Crippen molar-refractivity contribution in [2.24, 2.45) is 0 Å². The fourth-order valence-electron chi connectivity index (χ4n) is 2.92. The molecule has 0 atom stereocenters. The molecule has 8 nitrogen and oxygen atoms in total.